The third kappa shape index (κ3) is 3.30. The summed E-state index contributed by atoms with van der Waals surface area (Å²) >= 11 is 0. The van der Waals surface area contributed by atoms with E-state index in [1.54, 1.807) is 0 Å². The molecule has 0 aliphatic rings. The minimum Gasteiger partial charge on any atom is -0.0616 e. The monoisotopic (exact) mass is 527 g/mol. The molecule has 191 valence electrons. The van der Waals surface area contributed by atoms with E-state index in [4.69, 9.17) is 0 Å². The molecule has 0 nitrogen and oxygen atoms in total. The van der Waals surface area contributed by atoms with Gasteiger partial charge in [0, 0.05) is 0 Å². The lowest BCUT2D eigenvalue weighted by molar-refractivity contribution is 1.78. The van der Waals surface area contributed by atoms with Crippen LogP contribution in [0.15, 0.2) is 140 Å². The van der Waals surface area contributed by atoms with Gasteiger partial charge in [-0.3, -0.25) is 0 Å². The number of hydrogen-bond donors (Lipinski definition) is 0. The Kier molecular flexibility index (Phi) is 4.27. The van der Waals surface area contributed by atoms with Gasteiger partial charge in [0.05, 0.1) is 0 Å². The fourth-order valence-corrected chi connectivity index (χ4v) is 7.07. The lowest BCUT2D eigenvalue weighted by Gasteiger charge is -2.10. The van der Waals surface area contributed by atoms with Crippen LogP contribution < -0.4 is 0 Å². The number of hydrogen-bond acceptors (Lipinski definition) is 0. The van der Waals surface area contributed by atoms with Gasteiger partial charge in [0.25, 0.3) is 0 Å². The molecule has 10 rings (SSSR count). The van der Waals surface area contributed by atoms with Crippen LogP contribution in [0.1, 0.15) is 0 Å². The maximum atomic E-state index is 3.38. The molecule has 0 unspecified atom stereocenters. The van der Waals surface area contributed by atoms with E-state index < -0.39 is 0 Å². The molecule has 0 aliphatic heterocycles. The van der Waals surface area contributed by atoms with E-state index >= 15 is 0 Å². The summed E-state index contributed by atoms with van der Waals surface area (Å²) in [5, 5.41) is 22.9. The Morgan fingerprint density at radius 1 is 0.238 bits per heavy atom. The Morgan fingerprint density at radius 3 is 0.857 bits per heavy atom. The third-order valence-electron chi connectivity index (χ3n) is 9.22. The highest BCUT2D eigenvalue weighted by molar-refractivity contribution is 6.14. The standard InChI is InChI=1S/C42H23/c1-2-6-26-10-30-14-34-18-38-22-42-24-40-20-36-16-32-12-28-8-4-3-7-27(28)11-31(32)15-35(36)19-39(40)23-41(42)21-37(38)17-33(34)13-29(30)9-25(26)5-1/h1-7,9-24H. The van der Waals surface area contributed by atoms with Crippen LogP contribution in [0.25, 0.3) is 97.0 Å². The summed E-state index contributed by atoms with van der Waals surface area (Å²) in [5.74, 6) is 0. The van der Waals surface area contributed by atoms with Crippen LogP contribution in [-0.4, -0.2) is 0 Å². The third-order valence-corrected chi connectivity index (χ3v) is 9.22. The number of fused-ring (bicyclic) bond motifs is 9. The van der Waals surface area contributed by atoms with Crippen LogP contribution in [0.4, 0.5) is 0 Å². The van der Waals surface area contributed by atoms with Gasteiger partial charge in [0.2, 0.25) is 0 Å². The molecule has 1 radical (unpaired) electrons. The summed E-state index contributed by atoms with van der Waals surface area (Å²) in [4.78, 5) is 0. The molecular formula is C42H23. The summed E-state index contributed by atoms with van der Waals surface area (Å²) in [7, 11) is 0. The fourth-order valence-electron chi connectivity index (χ4n) is 7.07. The van der Waals surface area contributed by atoms with Crippen LogP contribution >= 0.6 is 0 Å². The smallest absolute Gasteiger partial charge is 0.00988 e. The second-order valence-electron chi connectivity index (χ2n) is 11.9. The maximum Gasteiger partial charge on any atom is -0.00988 e. The van der Waals surface area contributed by atoms with Crippen LogP contribution in [0.5, 0.6) is 0 Å². The van der Waals surface area contributed by atoms with Crippen molar-refractivity contribution in [3.8, 4) is 0 Å². The largest absolute Gasteiger partial charge is 0.0616 e. The summed E-state index contributed by atoms with van der Waals surface area (Å²) < 4.78 is 0. The summed E-state index contributed by atoms with van der Waals surface area (Å²) in [6.45, 7) is 0. The molecule has 0 N–H and O–H groups in total. The SMILES string of the molecule is [c]1cccc2cc3cc4cc5cc6cc7cc8cc9cc%10ccccc%10cc9cc8cc7cc6cc5cc4cc3cc12. The first kappa shape index (κ1) is 22.3. The lowest BCUT2D eigenvalue weighted by atomic mass is 9.94. The number of rotatable bonds is 0. The zero-order valence-corrected chi connectivity index (χ0v) is 22.8. The van der Waals surface area contributed by atoms with Crippen molar-refractivity contribution in [2.75, 3.05) is 0 Å². The Hall–Kier alpha value is -5.46. The average Bonchev–Trinajstić information content (AvgIpc) is 3.00. The average molecular weight is 528 g/mol. The van der Waals surface area contributed by atoms with Crippen molar-refractivity contribution in [1.29, 1.82) is 0 Å². The molecule has 0 amide bonds. The first-order chi connectivity index (χ1) is 20.7. The molecular weight excluding hydrogens is 504 g/mol. The summed E-state index contributed by atoms with van der Waals surface area (Å²) in [6.07, 6.45) is 0. The van der Waals surface area contributed by atoms with E-state index in [1.807, 2.05) is 6.07 Å². The summed E-state index contributed by atoms with van der Waals surface area (Å²) in [5.41, 5.74) is 0. The quantitative estimate of drug-likeness (QED) is 0.172. The van der Waals surface area contributed by atoms with Gasteiger partial charge in [-0.25, -0.2) is 0 Å². The molecule has 0 aliphatic carbocycles. The lowest BCUT2D eigenvalue weighted by Crippen LogP contribution is -1.83. The zero-order valence-electron chi connectivity index (χ0n) is 22.8. The molecule has 42 heavy (non-hydrogen) atoms. The highest BCUT2D eigenvalue weighted by Gasteiger charge is 2.08. The predicted molar refractivity (Wildman–Crippen MR) is 183 cm³/mol. The van der Waals surface area contributed by atoms with Gasteiger partial charge in [-0.15, -0.1) is 0 Å². The number of benzene rings is 10. The van der Waals surface area contributed by atoms with E-state index in [1.165, 1.54) is 91.6 Å². The maximum absolute atomic E-state index is 3.38. The van der Waals surface area contributed by atoms with Crippen LogP contribution in [0.3, 0.4) is 0 Å². The molecule has 0 saturated heterocycles. The minimum atomic E-state index is 1.16. The Labute approximate surface area is 242 Å². The van der Waals surface area contributed by atoms with E-state index in [-0.39, 0.29) is 0 Å². The van der Waals surface area contributed by atoms with Crippen LogP contribution in [-0.2, 0) is 0 Å². The highest BCUT2D eigenvalue weighted by atomic mass is 14.1. The molecule has 0 atom stereocenters. The van der Waals surface area contributed by atoms with Gasteiger partial charge in [0.1, 0.15) is 0 Å². The van der Waals surface area contributed by atoms with Crippen LogP contribution in [0, 0.1) is 6.07 Å². The van der Waals surface area contributed by atoms with Crippen molar-refractivity contribution in [3.05, 3.63) is 146 Å². The van der Waals surface area contributed by atoms with Gasteiger partial charge in [-0.05, 0) is 200 Å². The molecule has 0 aromatic heterocycles. The van der Waals surface area contributed by atoms with Crippen LogP contribution in [0.2, 0.25) is 0 Å². The second-order valence-corrected chi connectivity index (χ2v) is 11.9. The first-order valence-electron chi connectivity index (χ1n) is 14.6. The Balaban J connectivity index is 1.18. The van der Waals surface area contributed by atoms with Crippen molar-refractivity contribution in [2.45, 2.75) is 0 Å². The van der Waals surface area contributed by atoms with Crippen molar-refractivity contribution in [2.24, 2.45) is 0 Å². The van der Waals surface area contributed by atoms with Crippen molar-refractivity contribution < 1.29 is 0 Å². The van der Waals surface area contributed by atoms with E-state index in [0.717, 1.165) is 5.39 Å². The summed E-state index contributed by atoms with van der Waals surface area (Å²) in [6, 6.07) is 55.6. The van der Waals surface area contributed by atoms with Crippen molar-refractivity contribution in [1.82, 2.24) is 0 Å². The van der Waals surface area contributed by atoms with Gasteiger partial charge >= 0.3 is 0 Å². The van der Waals surface area contributed by atoms with Crippen molar-refractivity contribution in [3.63, 3.8) is 0 Å². The predicted octanol–water partition coefficient (Wildman–Crippen LogP) is 11.9. The molecule has 0 saturated carbocycles. The molecule has 0 heterocycles. The molecule has 0 bridgehead atoms. The van der Waals surface area contributed by atoms with Gasteiger partial charge in [-0.1, -0.05) is 42.5 Å². The fraction of sp³-hybridized carbons (Fsp3) is 0. The van der Waals surface area contributed by atoms with E-state index in [9.17, 15) is 0 Å². The van der Waals surface area contributed by atoms with E-state index in [2.05, 4.69) is 140 Å². The molecule has 10 aromatic carbocycles. The minimum absolute atomic E-state index is 1.16. The molecule has 0 fully saturated rings. The molecule has 0 spiro atoms. The normalized spacial score (nSPS) is 12.3. The van der Waals surface area contributed by atoms with Gasteiger partial charge in [-0.2, -0.15) is 0 Å². The zero-order chi connectivity index (χ0) is 27.4. The van der Waals surface area contributed by atoms with E-state index in [0.29, 0.717) is 0 Å². The van der Waals surface area contributed by atoms with Gasteiger partial charge < -0.3 is 0 Å². The molecule has 10 aromatic rings. The highest BCUT2D eigenvalue weighted by Crippen LogP contribution is 2.35. The van der Waals surface area contributed by atoms with Gasteiger partial charge in [0.15, 0.2) is 0 Å². The first-order valence-corrected chi connectivity index (χ1v) is 14.6. The topological polar surface area (TPSA) is 0 Å². The molecule has 0 heteroatoms. The second kappa shape index (κ2) is 8.06. The Morgan fingerprint density at radius 2 is 0.500 bits per heavy atom. The Bertz CT molecular complexity index is 2400. The van der Waals surface area contributed by atoms with Crippen molar-refractivity contribution >= 4 is 97.0 Å².